The van der Waals surface area contributed by atoms with Crippen LogP contribution in [0.3, 0.4) is 0 Å². The van der Waals surface area contributed by atoms with Gasteiger partial charge in [-0.1, -0.05) is 53.0 Å². The summed E-state index contributed by atoms with van der Waals surface area (Å²) >= 11 is 17.6. The molecular formula is C14H11Cl3N2O2. The number of carbonyl (C=O) groups excluding carboxylic acids is 1. The van der Waals surface area contributed by atoms with Gasteiger partial charge in [-0.15, -0.1) is 0 Å². The van der Waals surface area contributed by atoms with Crippen molar-refractivity contribution in [3.63, 3.8) is 0 Å². The van der Waals surface area contributed by atoms with Crippen LogP contribution in [0.2, 0.25) is 0 Å². The van der Waals surface area contributed by atoms with Gasteiger partial charge in [-0.25, -0.2) is 0 Å². The maximum Gasteiger partial charge on any atom is 0.255 e. The van der Waals surface area contributed by atoms with Crippen LogP contribution < -0.4 is 10.1 Å². The van der Waals surface area contributed by atoms with Gasteiger partial charge in [0.05, 0.1) is 5.56 Å². The third-order valence-electron chi connectivity index (χ3n) is 2.48. The molecule has 110 valence electrons. The molecule has 0 saturated heterocycles. The highest BCUT2D eigenvalue weighted by molar-refractivity contribution is 6.68. The van der Waals surface area contributed by atoms with Crippen molar-refractivity contribution < 1.29 is 9.53 Å². The topological polar surface area (TPSA) is 51.2 Å². The molecule has 1 heterocycles. The number of amides is 1. The Morgan fingerprint density at radius 3 is 2.43 bits per heavy atom. The number of ether oxygens (including phenoxy) is 1. The van der Waals surface area contributed by atoms with E-state index in [0.29, 0.717) is 11.3 Å². The Bertz CT molecular complexity index is 588. The lowest BCUT2D eigenvalue weighted by atomic mass is 10.2. The number of para-hydroxylation sites is 1. The molecule has 0 radical (unpaired) electrons. The zero-order chi connectivity index (χ0) is 15.3. The molecule has 0 aliphatic heterocycles. The van der Waals surface area contributed by atoms with Crippen LogP contribution in [-0.4, -0.2) is 20.9 Å². The fraction of sp³-hybridized carbons (Fsp3) is 0.143. The second-order valence-electron chi connectivity index (χ2n) is 4.07. The van der Waals surface area contributed by atoms with Crippen molar-refractivity contribution in [2.24, 2.45) is 0 Å². The summed E-state index contributed by atoms with van der Waals surface area (Å²) in [4.78, 5) is 15.9. The van der Waals surface area contributed by atoms with E-state index in [1.807, 2.05) is 6.07 Å². The number of pyridine rings is 1. The summed E-state index contributed by atoms with van der Waals surface area (Å²) in [6.45, 7) is 0. The molecule has 0 aliphatic carbocycles. The molecule has 4 nitrogen and oxygen atoms in total. The van der Waals surface area contributed by atoms with Gasteiger partial charge in [0, 0.05) is 12.4 Å². The predicted molar refractivity (Wildman–Crippen MR) is 82.9 cm³/mol. The maximum atomic E-state index is 12.1. The Morgan fingerprint density at radius 2 is 1.86 bits per heavy atom. The Kier molecular flexibility index (Phi) is 5.28. The first-order chi connectivity index (χ1) is 9.97. The van der Waals surface area contributed by atoms with E-state index in [0.717, 1.165) is 0 Å². The molecule has 0 aliphatic rings. The van der Waals surface area contributed by atoms with Crippen molar-refractivity contribution >= 4 is 40.7 Å². The lowest BCUT2D eigenvalue weighted by molar-refractivity contribution is 0.0832. The molecule has 0 bridgehead atoms. The van der Waals surface area contributed by atoms with Crippen LogP contribution in [-0.2, 0) is 0 Å². The van der Waals surface area contributed by atoms with Gasteiger partial charge < -0.3 is 10.1 Å². The van der Waals surface area contributed by atoms with Gasteiger partial charge in [-0.3, -0.25) is 9.78 Å². The fourth-order valence-corrected chi connectivity index (χ4v) is 1.81. The van der Waals surface area contributed by atoms with Crippen LogP contribution in [0.15, 0.2) is 54.9 Å². The second kappa shape index (κ2) is 6.98. The number of aromatic nitrogens is 1. The van der Waals surface area contributed by atoms with Crippen LogP contribution in [0.5, 0.6) is 5.75 Å². The summed E-state index contributed by atoms with van der Waals surface area (Å²) in [6, 6.07) is 12.0. The molecule has 1 aromatic carbocycles. The number of alkyl halides is 3. The first kappa shape index (κ1) is 15.9. The Morgan fingerprint density at radius 1 is 1.14 bits per heavy atom. The maximum absolute atomic E-state index is 12.1. The van der Waals surface area contributed by atoms with Gasteiger partial charge in [0.1, 0.15) is 5.75 Å². The van der Waals surface area contributed by atoms with Crippen molar-refractivity contribution in [2.75, 3.05) is 0 Å². The molecule has 0 saturated carbocycles. The van der Waals surface area contributed by atoms with E-state index in [1.165, 1.54) is 6.20 Å². The fourth-order valence-electron chi connectivity index (χ4n) is 1.51. The monoisotopic (exact) mass is 344 g/mol. The van der Waals surface area contributed by atoms with E-state index < -0.39 is 15.9 Å². The zero-order valence-electron chi connectivity index (χ0n) is 10.7. The van der Waals surface area contributed by atoms with Crippen LogP contribution in [0.1, 0.15) is 10.4 Å². The first-order valence-corrected chi connectivity index (χ1v) is 7.09. The Labute approximate surface area is 137 Å². The average Bonchev–Trinajstić information content (AvgIpc) is 2.47. The van der Waals surface area contributed by atoms with E-state index in [-0.39, 0.29) is 0 Å². The number of nitrogens with zero attached hydrogens (tertiary/aromatic N) is 1. The molecule has 2 aromatic rings. The van der Waals surface area contributed by atoms with Gasteiger partial charge >= 0.3 is 0 Å². The number of hydrogen-bond acceptors (Lipinski definition) is 3. The van der Waals surface area contributed by atoms with Gasteiger partial charge in [-0.05, 0) is 24.3 Å². The number of benzene rings is 1. The summed E-state index contributed by atoms with van der Waals surface area (Å²) in [5.74, 6) is 0.0238. The highest BCUT2D eigenvalue weighted by Gasteiger charge is 2.36. The van der Waals surface area contributed by atoms with Crippen LogP contribution in [0.4, 0.5) is 0 Å². The molecule has 7 heteroatoms. The van der Waals surface area contributed by atoms with E-state index in [2.05, 4.69) is 10.3 Å². The summed E-state index contributed by atoms with van der Waals surface area (Å²) in [5, 5.41) is 2.52. The quantitative estimate of drug-likeness (QED) is 0.680. The molecule has 0 spiro atoms. The minimum absolute atomic E-state index is 0.341. The highest BCUT2D eigenvalue weighted by Crippen LogP contribution is 2.32. The molecule has 1 atom stereocenters. The number of rotatable bonds is 4. The first-order valence-electron chi connectivity index (χ1n) is 5.96. The molecule has 0 fully saturated rings. The van der Waals surface area contributed by atoms with E-state index in [4.69, 9.17) is 39.5 Å². The van der Waals surface area contributed by atoms with Crippen molar-refractivity contribution in [3.8, 4) is 5.75 Å². The molecule has 2 rings (SSSR count). The number of halogens is 3. The number of nitrogens with one attached hydrogen (secondary N) is 1. The van der Waals surface area contributed by atoms with Gasteiger partial charge in [0.2, 0.25) is 10.0 Å². The van der Waals surface area contributed by atoms with E-state index in [1.54, 1.807) is 42.6 Å². The van der Waals surface area contributed by atoms with Crippen molar-refractivity contribution in [1.82, 2.24) is 10.3 Å². The SMILES string of the molecule is O=C(NC(Oc1ccccc1)C(Cl)(Cl)Cl)c1cccnc1. The Balaban J connectivity index is 2.12. The number of carbonyl (C=O) groups is 1. The zero-order valence-corrected chi connectivity index (χ0v) is 12.9. The third-order valence-corrected chi connectivity index (χ3v) is 3.07. The predicted octanol–water partition coefficient (Wildman–Crippen LogP) is 3.59. The van der Waals surface area contributed by atoms with Gasteiger partial charge in [0.15, 0.2) is 0 Å². The van der Waals surface area contributed by atoms with Crippen LogP contribution in [0, 0.1) is 0 Å². The summed E-state index contributed by atoms with van der Waals surface area (Å²) in [5.41, 5.74) is 0.341. The normalized spacial score (nSPS) is 12.5. The minimum Gasteiger partial charge on any atom is -0.466 e. The van der Waals surface area contributed by atoms with Crippen LogP contribution >= 0.6 is 34.8 Å². The summed E-state index contributed by atoms with van der Waals surface area (Å²) < 4.78 is 3.70. The smallest absolute Gasteiger partial charge is 0.255 e. The van der Waals surface area contributed by atoms with Gasteiger partial charge in [-0.2, -0.15) is 0 Å². The summed E-state index contributed by atoms with van der Waals surface area (Å²) in [7, 11) is 0. The molecule has 1 N–H and O–H groups in total. The van der Waals surface area contributed by atoms with Gasteiger partial charge in [0.25, 0.3) is 5.91 Å². The van der Waals surface area contributed by atoms with E-state index in [9.17, 15) is 4.79 Å². The standard InChI is InChI=1S/C14H11Cl3N2O2/c15-14(16,17)13(21-11-6-2-1-3-7-11)19-12(20)10-5-4-8-18-9-10/h1-9,13H,(H,19,20). The molecular weight excluding hydrogens is 335 g/mol. The molecule has 1 amide bonds. The molecule has 1 aromatic heterocycles. The van der Waals surface area contributed by atoms with Crippen molar-refractivity contribution in [2.45, 2.75) is 10.0 Å². The van der Waals surface area contributed by atoms with Crippen LogP contribution in [0.25, 0.3) is 0 Å². The largest absolute Gasteiger partial charge is 0.466 e. The lowest BCUT2D eigenvalue weighted by Gasteiger charge is -2.26. The molecule has 21 heavy (non-hydrogen) atoms. The average molecular weight is 346 g/mol. The van der Waals surface area contributed by atoms with E-state index >= 15 is 0 Å². The lowest BCUT2D eigenvalue weighted by Crippen LogP contribution is -2.47. The minimum atomic E-state index is -1.83. The number of hydrogen-bond donors (Lipinski definition) is 1. The summed E-state index contributed by atoms with van der Waals surface area (Å²) in [6.07, 6.45) is 1.83. The van der Waals surface area contributed by atoms with Crippen molar-refractivity contribution in [1.29, 1.82) is 0 Å². The Hall–Kier alpha value is -1.49. The highest BCUT2D eigenvalue weighted by atomic mass is 35.6. The third kappa shape index (κ3) is 4.77. The molecule has 1 unspecified atom stereocenters. The van der Waals surface area contributed by atoms with Crippen molar-refractivity contribution in [3.05, 3.63) is 60.4 Å². The second-order valence-corrected chi connectivity index (χ2v) is 6.44.